The molecule has 9 nitrogen and oxygen atoms in total. The van der Waals surface area contributed by atoms with Crippen LogP contribution in [0.3, 0.4) is 0 Å². The third-order valence-electron chi connectivity index (χ3n) is 8.93. The summed E-state index contributed by atoms with van der Waals surface area (Å²) in [5, 5.41) is 17.0. The molecule has 9 heteroatoms. The largest absolute Gasteiger partial charge is 0.393 e. The first-order chi connectivity index (χ1) is 18.0. The van der Waals surface area contributed by atoms with Gasteiger partial charge in [-0.15, -0.1) is 0 Å². The molecule has 4 fully saturated rings. The Bertz CT molecular complexity index is 1250. The fourth-order valence-corrected chi connectivity index (χ4v) is 7.06. The van der Waals surface area contributed by atoms with Crippen LogP contribution in [0, 0.1) is 5.41 Å². The fourth-order valence-electron chi connectivity index (χ4n) is 7.06. The van der Waals surface area contributed by atoms with Gasteiger partial charge in [0.1, 0.15) is 0 Å². The van der Waals surface area contributed by atoms with Crippen molar-refractivity contribution in [2.45, 2.75) is 69.6 Å². The lowest BCUT2D eigenvalue weighted by atomic mass is 9.73. The number of aliphatic hydroxyl groups excluding tert-OH is 1. The third kappa shape index (κ3) is 4.42. The van der Waals surface area contributed by atoms with Gasteiger partial charge in [-0.25, -0.2) is 4.98 Å². The van der Waals surface area contributed by atoms with Gasteiger partial charge < -0.3 is 30.1 Å². The maximum atomic E-state index is 9.91. The van der Waals surface area contributed by atoms with Crippen molar-refractivity contribution in [2.24, 2.45) is 5.41 Å². The Balaban J connectivity index is 1.13. The van der Waals surface area contributed by atoms with Gasteiger partial charge in [0.05, 0.1) is 12.4 Å². The van der Waals surface area contributed by atoms with Crippen molar-refractivity contribution >= 4 is 34.3 Å². The summed E-state index contributed by atoms with van der Waals surface area (Å²) in [6.07, 6.45) is 10.2. The highest BCUT2D eigenvalue weighted by Gasteiger charge is 2.50. The number of aromatic nitrogens is 4. The van der Waals surface area contributed by atoms with Gasteiger partial charge in [-0.2, -0.15) is 9.97 Å². The Labute approximate surface area is 218 Å². The molecule has 3 aromatic rings. The van der Waals surface area contributed by atoms with Gasteiger partial charge in [0, 0.05) is 55.1 Å². The minimum atomic E-state index is -0.178. The van der Waals surface area contributed by atoms with E-state index in [1.165, 1.54) is 44.5 Å². The maximum Gasteiger partial charge on any atom is 0.227 e. The molecule has 37 heavy (non-hydrogen) atoms. The van der Waals surface area contributed by atoms with Crippen molar-refractivity contribution in [2.75, 3.05) is 48.8 Å². The second-order valence-corrected chi connectivity index (χ2v) is 12.0. The predicted molar refractivity (Wildman–Crippen MR) is 147 cm³/mol. The molecular formula is C28H38N8O. The van der Waals surface area contributed by atoms with E-state index in [4.69, 9.17) is 15.0 Å². The first kappa shape index (κ1) is 23.2. The Morgan fingerprint density at radius 1 is 0.919 bits per heavy atom. The molecule has 2 aliphatic heterocycles. The summed E-state index contributed by atoms with van der Waals surface area (Å²) in [5.74, 6) is 1.39. The minimum absolute atomic E-state index is 0.178. The van der Waals surface area contributed by atoms with Crippen LogP contribution in [0.4, 0.5) is 23.1 Å². The number of rotatable bonds is 6. The lowest BCUT2D eigenvalue weighted by Crippen LogP contribution is -2.71. The number of benzene rings is 1. The first-order valence-corrected chi connectivity index (χ1v) is 14.0. The summed E-state index contributed by atoms with van der Waals surface area (Å²) in [6.45, 7) is 4.75. The van der Waals surface area contributed by atoms with Crippen molar-refractivity contribution < 1.29 is 5.11 Å². The molecule has 0 radical (unpaired) electrons. The average molecular weight is 503 g/mol. The molecule has 0 bridgehead atoms. The van der Waals surface area contributed by atoms with E-state index in [0.29, 0.717) is 17.4 Å². The summed E-state index contributed by atoms with van der Waals surface area (Å²) < 4.78 is 2.26. The topological polar surface area (TPSA) is 94.4 Å². The number of hydrogen-bond acceptors (Lipinski definition) is 8. The summed E-state index contributed by atoms with van der Waals surface area (Å²) >= 11 is 0. The molecule has 7 rings (SSSR count). The zero-order valence-electron chi connectivity index (χ0n) is 21.7. The van der Waals surface area contributed by atoms with Crippen molar-refractivity contribution in [3.05, 3.63) is 30.6 Å². The van der Waals surface area contributed by atoms with E-state index in [0.717, 1.165) is 61.4 Å². The minimum Gasteiger partial charge on any atom is -0.393 e. The van der Waals surface area contributed by atoms with Crippen LogP contribution in [0.2, 0.25) is 0 Å². The van der Waals surface area contributed by atoms with Gasteiger partial charge in [0.25, 0.3) is 0 Å². The molecule has 3 N–H and O–H groups in total. The van der Waals surface area contributed by atoms with Gasteiger partial charge in [0.15, 0.2) is 17.0 Å². The van der Waals surface area contributed by atoms with Gasteiger partial charge in [0.2, 0.25) is 5.95 Å². The normalized spacial score (nSPS) is 25.8. The van der Waals surface area contributed by atoms with Crippen molar-refractivity contribution in [3.8, 4) is 0 Å². The van der Waals surface area contributed by atoms with Crippen LogP contribution in [-0.4, -0.2) is 74.9 Å². The molecule has 0 unspecified atom stereocenters. The second kappa shape index (κ2) is 9.13. The Morgan fingerprint density at radius 3 is 2.35 bits per heavy atom. The van der Waals surface area contributed by atoms with Crippen LogP contribution >= 0.6 is 0 Å². The van der Waals surface area contributed by atoms with Crippen LogP contribution in [0.5, 0.6) is 0 Å². The van der Waals surface area contributed by atoms with E-state index in [1.807, 2.05) is 6.33 Å². The summed E-state index contributed by atoms with van der Waals surface area (Å²) in [7, 11) is 2.20. The smallest absolute Gasteiger partial charge is 0.227 e. The van der Waals surface area contributed by atoms with E-state index in [-0.39, 0.29) is 12.1 Å². The average Bonchev–Trinajstić information content (AvgIpc) is 3.53. The van der Waals surface area contributed by atoms with Gasteiger partial charge in [-0.05, 0) is 69.8 Å². The standard InChI is InChI=1S/C28H38N8O/c1-34-14-28(15-34)16-35(17-28)21-10-6-19(7-11-21)30-25-24-26(36(18-29-24)22-4-2-3-5-22)33-27(32-25)31-20-8-12-23(37)13-9-20/h6-7,10-11,18,20,22-23,37H,2-5,8-9,12-17H2,1H3,(H2,30,31,32,33). The molecule has 1 spiro atoms. The molecule has 1 aromatic carbocycles. The maximum absolute atomic E-state index is 9.91. The Kier molecular flexibility index (Phi) is 5.73. The Hall–Kier alpha value is -2.91. The third-order valence-corrected chi connectivity index (χ3v) is 8.93. The molecule has 2 saturated heterocycles. The highest BCUT2D eigenvalue weighted by atomic mass is 16.3. The molecular weight excluding hydrogens is 464 g/mol. The first-order valence-electron chi connectivity index (χ1n) is 14.0. The van der Waals surface area contributed by atoms with Gasteiger partial charge >= 0.3 is 0 Å². The number of nitrogens with zero attached hydrogens (tertiary/aromatic N) is 6. The van der Waals surface area contributed by atoms with Crippen LogP contribution < -0.4 is 15.5 Å². The molecule has 0 atom stereocenters. The van der Waals surface area contributed by atoms with Crippen LogP contribution in [0.25, 0.3) is 11.2 Å². The van der Waals surface area contributed by atoms with E-state index in [2.05, 4.69) is 56.3 Å². The highest BCUT2D eigenvalue weighted by Crippen LogP contribution is 2.41. The zero-order chi connectivity index (χ0) is 25.0. The molecule has 4 heterocycles. The summed E-state index contributed by atoms with van der Waals surface area (Å²) in [5.41, 5.74) is 4.53. The van der Waals surface area contributed by atoms with Crippen LogP contribution in [0.1, 0.15) is 57.4 Å². The summed E-state index contributed by atoms with van der Waals surface area (Å²) in [4.78, 5) is 19.5. The molecule has 0 amide bonds. The van der Waals surface area contributed by atoms with E-state index in [1.54, 1.807) is 0 Å². The summed E-state index contributed by atoms with van der Waals surface area (Å²) in [6, 6.07) is 9.44. The van der Waals surface area contributed by atoms with Crippen LogP contribution in [0.15, 0.2) is 30.6 Å². The Morgan fingerprint density at radius 2 is 1.65 bits per heavy atom. The van der Waals surface area contributed by atoms with Gasteiger partial charge in [-0.3, -0.25) is 0 Å². The number of anilines is 4. The predicted octanol–water partition coefficient (Wildman–Crippen LogP) is 4.15. The number of hydrogen-bond donors (Lipinski definition) is 3. The molecule has 4 aliphatic rings. The number of fused-ring (bicyclic) bond motifs is 1. The number of nitrogens with one attached hydrogen (secondary N) is 2. The number of likely N-dealkylation sites (tertiary alicyclic amines) is 1. The van der Waals surface area contributed by atoms with E-state index >= 15 is 0 Å². The number of imidazole rings is 1. The van der Waals surface area contributed by atoms with Crippen LogP contribution in [-0.2, 0) is 0 Å². The quantitative estimate of drug-likeness (QED) is 0.463. The monoisotopic (exact) mass is 502 g/mol. The number of aliphatic hydroxyl groups is 1. The zero-order valence-corrected chi connectivity index (χ0v) is 21.7. The lowest BCUT2D eigenvalue weighted by molar-refractivity contribution is -0.00238. The molecule has 2 aliphatic carbocycles. The second-order valence-electron chi connectivity index (χ2n) is 12.0. The van der Waals surface area contributed by atoms with E-state index in [9.17, 15) is 5.11 Å². The van der Waals surface area contributed by atoms with Crippen molar-refractivity contribution in [1.29, 1.82) is 0 Å². The van der Waals surface area contributed by atoms with Crippen molar-refractivity contribution in [1.82, 2.24) is 24.4 Å². The van der Waals surface area contributed by atoms with Gasteiger partial charge in [-0.1, -0.05) is 12.8 Å². The fraction of sp³-hybridized carbons (Fsp3) is 0.607. The lowest BCUT2D eigenvalue weighted by Gasteiger charge is -2.60. The molecule has 196 valence electrons. The molecule has 2 saturated carbocycles. The highest BCUT2D eigenvalue weighted by molar-refractivity contribution is 5.86. The molecule has 2 aromatic heterocycles. The SMILES string of the molecule is CN1CC2(C1)CN(c1ccc(Nc3nc(NC4CCC(O)CC4)nc4c3ncn4C3CCCC3)cc1)C2. The van der Waals surface area contributed by atoms with Crippen molar-refractivity contribution in [3.63, 3.8) is 0 Å². The van der Waals surface area contributed by atoms with E-state index < -0.39 is 0 Å².